The third-order valence-corrected chi connectivity index (χ3v) is 6.35. The molecule has 0 aliphatic heterocycles. The van der Waals surface area contributed by atoms with E-state index < -0.39 is 0 Å². The SMILES string of the molecule is CCc1ccc(C2(N)C3CC4CC(C3)CC2C4)cc1. The summed E-state index contributed by atoms with van der Waals surface area (Å²) < 4.78 is 0. The van der Waals surface area contributed by atoms with Gasteiger partial charge in [0.05, 0.1) is 0 Å². The summed E-state index contributed by atoms with van der Waals surface area (Å²) in [5, 5.41) is 0. The van der Waals surface area contributed by atoms with Crippen molar-refractivity contribution >= 4 is 0 Å². The monoisotopic (exact) mass is 255 g/mol. The molecule has 1 nitrogen and oxygen atoms in total. The lowest BCUT2D eigenvalue weighted by Gasteiger charge is -2.60. The molecular formula is C18H25N. The van der Waals surface area contributed by atoms with E-state index >= 15 is 0 Å². The molecule has 0 amide bonds. The van der Waals surface area contributed by atoms with Crippen molar-refractivity contribution in [3.63, 3.8) is 0 Å². The van der Waals surface area contributed by atoms with Gasteiger partial charge in [0.1, 0.15) is 0 Å². The highest BCUT2D eigenvalue weighted by Crippen LogP contribution is 2.60. The number of rotatable bonds is 2. The Kier molecular flexibility index (Phi) is 2.57. The van der Waals surface area contributed by atoms with Crippen LogP contribution in [-0.4, -0.2) is 0 Å². The zero-order valence-electron chi connectivity index (χ0n) is 11.9. The van der Waals surface area contributed by atoms with Crippen LogP contribution in [0.5, 0.6) is 0 Å². The van der Waals surface area contributed by atoms with E-state index in [-0.39, 0.29) is 5.54 Å². The van der Waals surface area contributed by atoms with Crippen LogP contribution in [0, 0.1) is 23.7 Å². The van der Waals surface area contributed by atoms with Crippen LogP contribution in [0.2, 0.25) is 0 Å². The fraction of sp³-hybridized carbons (Fsp3) is 0.667. The smallest absolute Gasteiger partial charge is 0.0467 e. The Morgan fingerprint density at radius 3 is 1.95 bits per heavy atom. The number of nitrogens with two attached hydrogens (primary N) is 1. The Balaban J connectivity index is 1.72. The van der Waals surface area contributed by atoms with Gasteiger partial charge < -0.3 is 5.73 Å². The highest BCUT2D eigenvalue weighted by molar-refractivity contribution is 5.32. The summed E-state index contributed by atoms with van der Waals surface area (Å²) in [4.78, 5) is 0. The second-order valence-corrected chi connectivity index (χ2v) is 7.29. The van der Waals surface area contributed by atoms with Crippen LogP contribution in [0.3, 0.4) is 0 Å². The Morgan fingerprint density at radius 1 is 0.947 bits per heavy atom. The molecule has 0 radical (unpaired) electrons. The predicted octanol–water partition coefficient (Wildman–Crippen LogP) is 3.86. The molecule has 1 aromatic carbocycles. The molecule has 4 bridgehead atoms. The summed E-state index contributed by atoms with van der Waals surface area (Å²) in [5.41, 5.74) is 9.83. The molecule has 19 heavy (non-hydrogen) atoms. The number of benzene rings is 1. The van der Waals surface area contributed by atoms with Gasteiger partial charge in [-0.1, -0.05) is 31.2 Å². The molecule has 0 heterocycles. The molecule has 0 atom stereocenters. The standard InChI is InChI=1S/C18H25N/c1-2-12-3-5-15(6-4-12)18(19)16-8-13-7-14(10-16)11-17(18)9-13/h3-6,13-14,16-17H,2,7-11,19H2,1H3. The van der Waals surface area contributed by atoms with E-state index in [0.29, 0.717) is 0 Å². The molecule has 4 fully saturated rings. The van der Waals surface area contributed by atoms with E-state index in [2.05, 4.69) is 31.2 Å². The summed E-state index contributed by atoms with van der Waals surface area (Å²) in [6.07, 6.45) is 8.17. The van der Waals surface area contributed by atoms with Gasteiger partial charge in [0.2, 0.25) is 0 Å². The maximum Gasteiger partial charge on any atom is 0.0467 e. The minimum Gasteiger partial charge on any atom is -0.321 e. The zero-order chi connectivity index (χ0) is 13.0. The quantitative estimate of drug-likeness (QED) is 0.853. The minimum atomic E-state index is -0.0142. The Morgan fingerprint density at radius 2 is 1.47 bits per heavy atom. The van der Waals surface area contributed by atoms with Gasteiger partial charge >= 0.3 is 0 Å². The maximum absolute atomic E-state index is 7.00. The van der Waals surface area contributed by atoms with Crippen molar-refractivity contribution in [3.05, 3.63) is 35.4 Å². The van der Waals surface area contributed by atoms with Gasteiger partial charge in [-0.15, -0.1) is 0 Å². The molecule has 0 unspecified atom stereocenters. The van der Waals surface area contributed by atoms with Gasteiger partial charge in [-0.2, -0.15) is 0 Å². The van der Waals surface area contributed by atoms with E-state index in [0.717, 1.165) is 30.1 Å². The molecule has 1 aromatic rings. The molecule has 5 rings (SSSR count). The molecule has 2 N–H and O–H groups in total. The highest BCUT2D eigenvalue weighted by Gasteiger charge is 2.55. The lowest BCUT2D eigenvalue weighted by atomic mass is 9.47. The third kappa shape index (κ3) is 1.64. The van der Waals surface area contributed by atoms with E-state index in [1.807, 2.05) is 0 Å². The topological polar surface area (TPSA) is 26.0 Å². The summed E-state index contributed by atoms with van der Waals surface area (Å²) in [7, 11) is 0. The first-order valence-corrected chi connectivity index (χ1v) is 8.08. The van der Waals surface area contributed by atoms with Crippen molar-refractivity contribution in [1.29, 1.82) is 0 Å². The van der Waals surface area contributed by atoms with Crippen LogP contribution in [0.4, 0.5) is 0 Å². The van der Waals surface area contributed by atoms with Gasteiger partial charge in [0.15, 0.2) is 0 Å². The van der Waals surface area contributed by atoms with Crippen molar-refractivity contribution in [1.82, 2.24) is 0 Å². The van der Waals surface area contributed by atoms with Crippen molar-refractivity contribution in [2.45, 2.75) is 51.0 Å². The van der Waals surface area contributed by atoms with Gasteiger partial charge in [0, 0.05) is 5.54 Å². The molecule has 4 aliphatic carbocycles. The summed E-state index contributed by atoms with van der Waals surface area (Å²) >= 11 is 0. The number of aryl methyl sites for hydroxylation is 1. The molecule has 0 aromatic heterocycles. The largest absolute Gasteiger partial charge is 0.321 e. The number of hydrogen-bond donors (Lipinski definition) is 1. The van der Waals surface area contributed by atoms with Gasteiger partial charge in [-0.25, -0.2) is 0 Å². The fourth-order valence-corrected chi connectivity index (χ4v) is 5.46. The van der Waals surface area contributed by atoms with Gasteiger partial charge in [0.25, 0.3) is 0 Å². The average molecular weight is 255 g/mol. The second kappa shape index (κ2) is 4.09. The molecule has 4 aliphatic rings. The van der Waals surface area contributed by atoms with Gasteiger partial charge in [-0.05, 0) is 73.3 Å². The highest BCUT2D eigenvalue weighted by atomic mass is 14.8. The molecule has 102 valence electrons. The van der Waals surface area contributed by atoms with Crippen LogP contribution >= 0.6 is 0 Å². The first-order chi connectivity index (χ1) is 9.20. The lowest BCUT2D eigenvalue weighted by Crippen LogP contribution is -2.60. The van der Waals surface area contributed by atoms with E-state index in [1.165, 1.54) is 43.2 Å². The van der Waals surface area contributed by atoms with Crippen molar-refractivity contribution in [3.8, 4) is 0 Å². The van der Waals surface area contributed by atoms with Crippen molar-refractivity contribution < 1.29 is 0 Å². The summed E-state index contributed by atoms with van der Waals surface area (Å²) in [6, 6.07) is 9.21. The minimum absolute atomic E-state index is 0.0142. The molecule has 0 saturated heterocycles. The number of hydrogen-bond acceptors (Lipinski definition) is 1. The van der Waals surface area contributed by atoms with Crippen molar-refractivity contribution in [2.24, 2.45) is 29.4 Å². The fourth-order valence-electron chi connectivity index (χ4n) is 5.46. The van der Waals surface area contributed by atoms with Crippen LogP contribution in [0.25, 0.3) is 0 Å². The zero-order valence-corrected chi connectivity index (χ0v) is 11.9. The van der Waals surface area contributed by atoms with Crippen LogP contribution in [0.15, 0.2) is 24.3 Å². The second-order valence-electron chi connectivity index (χ2n) is 7.29. The summed E-state index contributed by atoms with van der Waals surface area (Å²) in [5.74, 6) is 3.48. The van der Waals surface area contributed by atoms with Crippen LogP contribution < -0.4 is 5.73 Å². The lowest BCUT2D eigenvalue weighted by molar-refractivity contribution is -0.0584. The molecular weight excluding hydrogens is 230 g/mol. The van der Waals surface area contributed by atoms with E-state index in [1.54, 1.807) is 0 Å². The van der Waals surface area contributed by atoms with Gasteiger partial charge in [-0.3, -0.25) is 0 Å². The van der Waals surface area contributed by atoms with Crippen LogP contribution in [-0.2, 0) is 12.0 Å². The average Bonchev–Trinajstić information content (AvgIpc) is 2.44. The van der Waals surface area contributed by atoms with E-state index in [4.69, 9.17) is 5.73 Å². The molecule has 4 saturated carbocycles. The van der Waals surface area contributed by atoms with Crippen LogP contribution in [0.1, 0.15) is 50.2 Å². The Labute approximate surface area is 116 Å². The predicted molar refractivity (Wildman–Crippen MR) is 78.7 cm³/mol. The normalized spacial score (nSPS) is 43.7. The maximum atomic E-state index is 7.00. The van der Waals surface area contributed by atoms with E-state index in [9.17, 15) is 0 Å². The summed E-state index contributed by atoms with van der Waals surface area (Å²) in [6.45, 7) is 2.22. The third-order valence-electron chi connectivity index (χ3n) is 6.35. The first kappa shape index (κ1) is 12.0. The Hall–Kier alpha value is -0.820. The van der Waals surface area contributed by atoms with Crippen molar-refractivity contribution in [2.75, 3.05) is 0 Å². The molecule has 0 spiro atoms. The Bertz CT molecular complexity index is 445. The molecule has 1 heteroatoms. The first-order valence-electron chi connectivity index (χ1n) is 8.08.